The molecule has 1 aromatic rings. The molecule has 0 aliphatic rings. The zero-order chi connectivity index (χ0) is 15.8. The maximum atomic E-state index is 10.5. The topological polar surface area (TPSA) is 40.5 Å². The van der Waals surface area contributed by atoms with E-state index >= 15 is 0 Å². The maximum absolute atomic E-state index is 10.5. The summed E-state index contributed by atoms with van der Waals surface area (Å²) >= 11 is 0. The van der Waals surface area contributed by atoms with Gasteiger partial charge >= 0.3 is 0 Å². The molecule has 0 atom stereocenters. The molecule has 0 aliphatic heterocycles. The van der Waals surface area contributed by atoms with Crippen molar-refractivity contribution in [2.75, 3.05) is 0 Å². The van der Waals surface area contributed by atoms with Crippen molar-refractivity contribution in [3.63, 3.8) is 0 Å². The number of phenolic OH excluding ortho intramolecular Hbond substituents is 2. The lowest BCUT2D eigenvalue weighted by atomic mass is 9.77. The molecule has 20 heavy (non-hydrogen) atoms. The van der Waals surface area contributed by atoms with E-state index in [4.69, 9.17) is 0 Å². The van der Waals surface area contributed by atoms with E-state index in [1.807, 2.05) is 0 Å². The van der Waals surface area contributed by atoms with Crippen LogP contribution in [-0.2, 0) is 0 Å². The Kier molecular flexibility index (Phi) is 5.12. The second-order valence-electron chi connectivity index (χ2n) is 6.97. The average molecular weight is 278 g/mol. The van der Waals surface area contributed by atoms with E-state index in [2.05, 4.69) is 55.4 Å². The predicted molar refractivity (Wildman–Crippen MR) is 86.1 cm³/mol. The van der Waals surface area contributed by atoms with Crippen LogP contribution in [0.25, 0.3) is 0 Å². The fourth-order valence-electron chi connectivity index (χ4n) is 3.21. The van der Waals surface area contributed by atoms with Gasteiger partial charge in [-0.2, -0.15) is 0 Å². The first-order valence-corrected chi connectivity index (χ1v) is 7.72. The van der Waals surface area contributed by atoms with Crippen LogP contribution in [0.3, 0.4) is 0 Å². The maximum Gasteiger partial charge on any atom is 0.161 e. The molecule has 2 N–H and O–H groups in total. The van der Waals surface area contributed by atoms with Crippen LogP contribution in [0.2, 0.25) is 0 Å². The molecule has 0 aromatic heterocycles. The van der Waals surface area contributed by atoms with Gasteiger partial charge in [-0.3, -0.25) is 0 Å². The molecular formula is C18H30O2. The van der Waals surface area contributed by atoms with Gasteiger partial charge in [-0.25, -0.2) is 0 Å². The van der Waals surface area contributed by atoms with Crippen LogP contribution in [0.5, 0.6) is 11.5 Å². The van der Waals surface area contributed by atoms with Crippen LogP contribution in [-0.4, -0.2) is 10.2 Å². The van der Waals surface area contributed by atoms with Gasteiger partial charge in [0, 0.05) is 11.1 Å². The Bertz CT molecular complexity index is 438. The lowest BCUT2D eigenvalue weighted by Crippen LogP contribution is -2.11. The molecule has 0 heterocycles. The van der Waals surface area contributed by atoms with Crippen molar-refractivity contribution in [3.8, 4) is 11.5 Å². The summed E-state index contributed by atoms with van der Waals surface area (Å²) in [6, 6.07) is 0. The summed E-state index contributed by atoms with van der Waals surface area (Å²) in [5.41, 5.74) is 4.25. The molecule has 0 radical (unpaired) electrons. The number of hydrogen-bond donors (Lipinski definition) is 2. The molecule has 0 bridgehead atoms. The molecule has 0 aliphatic carbocycles. The summed E-state index contributed by atoms with van der Waals surface area (Å²) in [5, 5.41) is 21.0. The van der Waals surface area contributed by atoms with Crippen molar-refractivity contribution < 1.29 is 10.2 Å². The van der Waals surface area contributed by atoms with Gasteiger partial charge in [-0.05, 0) is 34.8 Å². The van der Waals surface area contributed by atoms with Crippen LogP contribution in [0, 0.1) is 0 Å². The van der Waals surface area contributed by atoms with Crippen LogP contribution in [0.1, 0.15) is 101 Å². The van der Waals surface area contributed by atoms with Gasteiger partial charge in [0.15, 0.2) is 11.5 Å². The van der Waals surface area contributed by atoms with E-state index < -0.39 is 0 Å². The van der Waals surface area contributed by atoms with E-state index in [1.165, 1.54) is 11.1 Å². The predicted octanol–water partition coefficient (Wildman–Crippen LogP) is 5.59. The number of rotatable bonds is 4. The quantitative estimate of drug-likeness (QED) is 0.705. The summed E-state index contributed by atoms with van der Waals surface area (Å²) in [7, 11) is 0. The number of phenols is 2. The molecule has 0 amide bonds. The van der Waals surface area contributed by atoms with E-state index in [0.29, 0.717) is 11.8 Å². The average Bonchev–Trinajstić information content (AvgIpc) is 2.29. The van der Waals surface area contributed by atoms with Crippen LogP contribution in [0.4, 0.5) is 0 Å². The van der Waals surface area contributed by atoms with Gasteiger partial charge in [-0.15, -0.1) is 0 Å². The first kappa shape index (κ1) is 16.9. The minimum absolute atomic E-state index is 0.0804. The molecule has 1 rings (SSSR count). The van der Waals surface area contributed by atoms with Crippen molar-refractivity contribution in [3.05, 3.63) is 22.3 Å². The second kappa shape index (κ2) is 6.07. The van der Waals surface area contributed by atoms with Gasteiger partial charge in [0.05, 0.1) is 0 Å². The van der Waals surface area contributed by atoms with Crippen molar-refractivity contribution in [1.29, 1.82) is 0 Å². The SMILES string of the molecule is CC(C)c1c(O)c(O)c(C(C)C)c(C(C)C)c1C(C)C. The van der Waals surface area contributed by atoms with Crippen molar-refractivity contribution in [2.24, 2.45) is 0 Å². The highest BCUT2D eigenvalue weighted by atomic mass is 16.3. The first-order chi connectivity index (χ1) is 9.11. The van der Waals surface area contributed by atoms with E-state index in [9.17, 15) is 10.2 Å². The molecule has 1 aromatic carbocycles. The smallest absolute Gasteiger partial charge is 0.161 e. The monoisotopic (exact) mass is 278 g/mol. The van der Waals surface area contributed by atoms with Crippen molar-refractivity contribution in [1.82, 2.24) is 0 Å². The highest BCUT2D eigenvalue weighted by Gasteiger charge is 2.28. The highest BCUT2D eigenvalue weighted by molar-refractivity contribution is 5.62. The largest absolute Gasteiger partial charge is 0.504 e. The van der Waals surface area contributed by atoms with Crippen LogP contribution < -0.4 is 0 Å². The summed E-state index contributed by atoms with van der Waals surface area (Å²) in [6.45, 7) is 16.9. The fourth-order valence-corrected chi connectivity index (χ4v) is 3.21. The Morgan fingerprint density at radius 2 is 0.650 bits per heavy atom. The van der Waals surface area contributed by atoms with Gasteiger partial charge in [-0.1, -0.05) is 55.4 Å². The number of hydrogen-bond acceptors (Lipinski definition) is 2. The van der Waals surface area contributed by atoms with E-state index in [-0.39, 0.29) is 23.3 Å². The normalized spacial score (nSPS) is 12.2. The van der Waals surface area contributed by atoms with E-state index in [0.717, 1.165) is 11.1 Å². The molecule has 2 heteroatoms. The standard InChI is InChI=1S/C18H30O2/c1-9(2)13-14(10(3)4)16(12(7)8)18(20)17(19)15(13)11(5)6/h9-12,19-20H,1-8H3. The molecule has 114 valence electrons. The molecule has 0 saturated heterocycles. The Balaban J connectivity index is 3.93. The lowest BCUT2D eigenvalue weighted by Gasteiger charge is -2.29. The Morgan fingerprint density at radius 1 is 0.450 bits per heavy atom. The van der Waals surface area contributed by atoms with Gasteiger partial charge in [0.2, 0.25) is 0 Å². The van der Waals surface area contributed by atoms with Crippen LogP contribution in [0.15, 0.2) is 0 Å². The first-order valence-electron chi connectivity index (χ1n) is 7.72. The summed E-state index contributed by atoms with van der Waals surface area (Å²) in [5.74, 6) is 1.20. The second-order valence-corrected chi connectivity index (χ2v) is 6.97. The molecular weight excluding hydrogens is 248 g/mol. The van der Waals surface area contributed by atoms with Gasteiger partial charge in [0.1, 0.15) is 0 Å². The summed E-state index contributed by atoms with van der Waals surface area (Å²) < 4.78 is 0. The van der Waals surface area contributed by atoms with Crippen LogP contribution >= 0.6 is 0 Å². The lowest BCUT2D eigenvalue weighted by molar-refractivity contribution is 0.388. The number of aromatic hydroxyl groups is 2. The zero-order valence-electron chi connectivity index (χ0n) is 14.2. The Labute approximate surface area is 123 Å². The van der Waals surface area contributed by atoms with Crippen molar-refractivity contribution in [2.45, 2.75) is 79.1 Å². The summed E-state index contributed by atoms with van der Waals surface area (Å²) in [6.07, 6.45) is 0. The summed E-state index contributed by atoms with van der Waals surface area (Å²) in [4.78, 5) is 0. The minimum Gasteiger partial charge on any atom is -0.504 e. The van der Waals surface area contributed by atoms with Gasteiger partial charge in [0.25, 0.3) is 0 Å². The third kappa shape index (κ3) is 2.79. The third-order valence-corrected chi connectivity index (χ3v) is 3.91. The minimum atomic E-state index is 0.0804. The molecule has 2 nitrogen and oxygen atoms in total. The van der Waals surface area contributed by atoms with Gasteiger partial charge < -0.3 is 10.2 Å². The molecule has 0 saturated carbocycles. The Hall–Kier alpha value is -1.18. The molecule has 0 spiro atoms. The molecule has 0 fully saturated rings. The zero-order valence-corrected chi connectivity index (χ0v) is 14.2. The Morgan fingerprint density at radius 3 is 0.800 bits per heavy atom. The highest BCUT2D eigenvalue weighted by Crippen LogP contribution is 2.49. The van der Waals surface area contributed by atoms with E-state index in [1.54, 1.807) is 0 Å². The fraction of sp³-hybridized carbons (Fsp3) is 0.667. The number of benzene rings is 1. The third-order valence-electron chi connectivity index (χ3n) is 3.91. The van der Waals surface area contributed by atoms with Crippen molar-refractivity contribution >= 4 is 0 Å². The molecule has 0 unspecified atom stereocenters.